The fourth-order valence-electron chi connectivity index (χ4n) is 2.57. The van der Waals surface area contributed by atoms with E-state index in [9.17, 15) is 14.7 Å². The SMILES string of the molecule is CCn1cc(C(=O)O)c(=O)c2ccc(-c3csc(N(C)C)n3)cc21. The maximum atomic E-state index is 12.4. The Morgan fingerprint density at radius 1 is 1.38 bits per heavy atom. The van der Waals surface area contributed by atoms with Gasteiger partial charge in [-0.2, -0.15) is 0 Å². The molecule has 0 aliphatic carbocycles. The maximum Gasteiger partial charge on any atom is 0.341 e. The van der Waals surface area contributed by atoms with Crippen molar-refractivity contribution in [3.63, 3.8) is 0 Å². The number of hydrogen-bond donors (Lipinski definition) is 1. The second kappa shape index (κ2) is 6.09. The predicted octanol–water partition coefficient (Wildman–Crippen LogP) is 2.91. The van der Waals surface area contributed by atoms with E-state index >= 15 is 0 Å². The van der Waals surface area contributed by atoms with Crippen LogP contribution in [0.1, 0.15) is 17.3 Å². The largest absolute Gasteiger partial charge is 0.477 e. The molecule has 0 saturated heterocycles. The van der Waals surface area contributed by atoms with Gasteiger partial charge in [-0.3, -0.25) is 4.79 Å². The van der Waals surface area contributed by atoms with E-state index in [4.69, 9.17) is 0 Å². The molecule has 0 fully saturated rings. The molecule has 0 unspecified atom stereocenters. The van der Waals surface area contributed by atoms with Crippen LogP contribution >= 0.6 is 11.3 Å². The molecule has 0 atom stereocenters. The van der Waals surface area contributed by atoms with Gasteiger partial charge in [0.15, 0.2) is 5.13 Å². The number of benzene rings is 1. The van der Waals surface area contributed by atoms with Crippen molar-refractivity contribution < 1.29 is 9.90 Å². The Hall–Kier alpha value is -2.67. The molecule has 124 valence electrons. The minimum absolute atomic E-state index is 0.208. The fraction of sp³-hybridized carbons (Fsp3) is 0.235. The molecular weight excluding hydrogens is 326 g/mol. The summed E-state index contributed by atoms with van der Waals surface area (Å²) in [7, 11) is 3.87. The topological polar surface area (TPSA) is 75.4 Å². The molecule has 0 bridgehead atoms. The summed E-state index contributed by atoms with van der Waals surface area (Å²) in [6.07, 6.45) is 1.41. The van der Waals surface area contributed by atoms with E-state index in [1.165, 1.54) is 6.20 Å². The first-order chi connectivity index (χ1) is 11.4. The number of pyridine rings is 1. The third kappa shape index (κ3) is 2.67. The van der Waals surface area contributed by atoms with E-state index in [1.54, 1.807) is 22.0 Å². The highest BCUT2D eigenvalue weighted by molar-refractivity contribution is 7.14. The van der Waals surface area contributed by atoms with Crippen LogP contribution in [0.15, 0.2) is 34.6 Å². The fourth-order valence-corrected chi connectivity index (χ4v) is 3.33. The minimum Gasteiger partial charge on any atom is -0.477 e. The van der Waals surface area contributed by atoms with E-state index in [1.807, 2.05) is 43.4 Å². The Balaban J connectivity index is 2.22. The molecule has 0 spiro atoms. The molecule has 24 heavy (non-hydrogen) atoms. The quantitative estimate of drug-likeness (QED) is 0.788. The van der Waals surface area contributed by atoms with Gasteiger partial charge in [0.2, 0.25) is 5.43 Å². The molecule has 0 aliphatic heterocycles. The second-order valence-corrected chi connectivity index (χ2v) is 6.44. The first-order valence-electron chi connectivity index (χ1n) is 7.46. The second-order valence-electron chi connectivity index (χ2n) is 5.60. The van der Waals surface area contributed by atoms with Gasteiger partial charge in [0, 0.05) is 43.2 Å². The number of fused-ring (bicyclic) bond motifs is 1. The Morgan fingerprint density at radius 2 is 2.12 bits per heavy atom. The van der Waals surface area contributed by atoms with Gasteiger partial charge in [-0.15, -0.1) is 11.3 Å². The summed E-state index contributed by atoms with van der Waals surface area (Å²) in [5.74, 6) is -1.21. The zero-order valence-electron chi connectivity index (χ0n) is 13.6. The van der Waals surface area contributed by atoms with E-state index in [0.717, 1.165) is 16.4 Å². The Kier molecular flexibility index (Phi) is 4.11. The van der Waals surface area contributed by atoms with Gasteiger partial charge in [-0.05, 0) is 19.1 Å². The molecule has 1 aromatic carbocycles. The Bertz CT molecular complexity index is 988. The van der Waals surface area contributed by atoms with Gasteiger partial charge in [-0.1, -0.05) is 6.07 Å². The van der Waals surface area contributed by atoms with Crippen LogP contribution in [0.5, 0.6) is 0 Å². The summed E-state index contributed by atoms with van der Waals surface area (Å²) in [6.45, 7) is 2.48. The summed E-state index contributed by atoms with van der Waals surface area (Å²) in [5, 5.41) is 12.5. The highest BCUT2D eigenvalue weighted by atomic mass is 32.1. The van der Waals surface area contributed by atoms with Gasteiger partial charge < -0.3 is 14.6 Å². The minimum atomic E-state index is -1.21. The number of carboxylic acids is 1. The van der Waals surface area contributed by atoms with Gasteiger partial charge in [0.1, 0.15) is 5.56 Å². The van der Waals surface area contributed by atoms with Crippen molar-refractivity contribution in [2.45, 2.75) is 13.5 Å². The number of nitrogens with zero attached hydrogens (tertiary/aromatic N) is 3. The molecule has 3 aromatic rings. The van der Waals surface area contributed by atoms with Crippen molar-refractivity contribution in [2.24, 2.45) is 0 Å². The highest BCUT2D eigenvalue weighted by Crippen LogP contribution is 2.28. The number of rotatable bonds is 4. The van der Waals surface area contributed by atoms with Crippen LogP contribution in [0, 0.1) is 0 Å². The zero-order valence-corrected chi connectivity index (χ0v) is 14.4. The number of aromatic nitrogens is 2. The van der Waals surface area contributed by atoms with Crippen LogP contribution in [0.25, 0.3) is 22.2 Å². The summed E-state index contributed by atoms with van der Waals surface area (Å²) in [4.78, 5) is 30.1. The molecule has 7 heteroatoms. The van der Waals surface area contributed by atoms with E-state index in [0.29, 0.717) is 17.4 Å². The van der Waals surface area contributed by atoms with Crippen LogP contribution in [0.2, 0.25) is 0 Å². The third-order valence-corrected chi connectivity index (χ3v) is 4.83. The summed E-state index contributed by atoms with van der Waals surface area (Å²) in [5.41, 5.74) is 1.78. The lowest BCUT2D eigenvalue weighted by molar-refractivity contribution is 0.0695. The first-order valence-corrected chi connectivity index (χ1v) is 8.34. The van der Waals surface area contributed by atoms with E-state index in [2.05, 4.69) is 4.98 Å². The number of thiazole rings is 1. The van der Waals surface area contributed by atoms with Crippen LogP contribution in [0.3, 0.4) is 0 Å². The van der Waals surface area contributed by atoms with Crippen molar-refractivity contribution in [2.75, 3.05) is 19.0 Å². The number of anilines is 1. The Morgan fingerprint density at radius 3 is 2.71 bits per heavy atom. The predicted molar refractivity (Wildman–Crippen MR) is 96.3 cm³/mol. The highest BCUT2D eigenvalue weighted by Gasteiger charge is 2.15. The summed E-state index contributed by atoms with van der Waals surface area (Å²) >= 11 is 1.55. The monoisotopic (exact) mass is 343 g/mol. The van der Waals surface area contributed by atoms with Crippen molar-refractivity contribution in [3.8, 4) is 11.3 Å². The molecule has 2 heterocycles. The lowest BCUT2D eigenvalue weighted by atomic mass is 10.1. The van der Waals surface area contributed by atoms with Crippen LogP contribution in [-0.4, -0.2) is 34.7 Å². The summed E-state index contributed by atoms with van der Waals surface area (Å²) < 4.78 is 1.78. The number of carboxylic acid groups (broad SMARTS) is 1. The van der Waals surface area contributed by atoms with Gasteiger partial charge in [0.05, 0.1) is 11.2 Å². The lowest BCUT2D eigenvalue weighted by Crippen LogP contribution is -2.18. The standard InChI is InChI=1S/C17H17N3O3S/c1-4-20-8-12(16(22)23)15(21)11-6-5-10(7-14(11)20)13-9-24-17(18-13)19(2)3/h5-9H,4H2,1-3H3,(H,22,23). The Labute approximate surface area is 142 Å². The molecular formula is C17H17N3O3S. The molecule has 3 rings (SSSR count). The normalized spacial score (nSPS) is 11.0. The van der Waals surface area contributed by atoms with Crippen LogP contribution in [-0.2, 0) is 6.54 Å². The number of aryl methyl sites for hydroxylation is 1. The van der Waals surface area contributed by atoms with E-state index < -0.39 is 11.4 Å². The molecule has 0 saturated carbocycles. The number of carbonyl (C=O) groups is 1. The molecule has 2 aromatic heterocycles. The van der Waals surface area contributed by atoms with Crippen LogP contribution in [0.4, 0.5) is 5.13 Å². The molecule has 0 amide bonds. The maximum absolute atomic E-state index is 12.4. The smallest absolute Gasteiger partial charge is 0.341 e. The molecule has 1 N–H and O–H groups in total. The third-order valence-electron chi connectivity index (χ3n) is 3.82. The van der Waals surface area contributed by atoms with E-state index in [-0.39, 0.29) is 5.56 Å². The lowest BCUT2D eigenvalue weighted by Gasteiger charge is -2.11. The first kappa shape index (κ1) is 16.2. The van der Waals surface area contributed by atoms with Gasteiger partial charge >= 0.3 is 5.97 Å². The average molecular weight is 343 g/mol. The molecule has 0 radical (unpaired) electrons. The number of hydrogen-bond acceptors (Lipinski definition) is 5. The number of aromatic carboxylic acids is 1. The summed E-state index contributed by atoms with van der Waals surface area (Å²) in [6, 6.07) is 5.38. The van der Waals surface area contributed by atoms with Gasteiger partial charge in [-0.25, -0.2) is 9.78 Å². The zero-order chi connectivity index (χ0) is 17.4. The van der Waals surface area contributed by atoms with Crippen LogP contribution < -0.4 is 10.3 Å². The van der Waals surface area contributed by atoms with Crippen molar-refractivity contribution in [1.29, 1.82) is 0 Å². The van der Waals surface area contributed by atoms with Crippen molar-refractivity contribution in [1.82, 2.24) is 9.55 Å². The van der Waals surface area contributed by atoms with Crippen molar-refractivity contribution in [3.05, 3.63) is 45.6 Å². The average Bonchev–Trinajstić information content (AvgIpc) is 3.05. The molecule has 6 nitrogen and oxygen atoms in total. The van der Waals surface area contributed by atoms with Crippen molar-refractivity contribution >= 4 is 33.3 Å². The van der Waals surface area contributed by atoms with Gasteiger partial charge in [0.25, 0.3) is 0 Å². The molecule has 0 aliphatic rings.